The Bertz CT molecular complexity index is 740. The van der Waals surface area contributed by atoms with Crippen LogP contribution in [0.1, 0.15) is 28.8 Å². The lowest BCUT2D eigenvalue weighted by molar-refractivity contribution is 0.0747. The molecule has 1 amide bonds. The molecule has 0 radical (unpaired) electrons. The number of carbonyl (C=O) groups excluding carboxylic acids is 1. The van der Waals surface area contributed by atoms with Crippen LogP contribution >= 0.6 is 0 Å². The number of aromatic nitrogens is 2. The van der Waals surface area contributed by atoms with Gasteiger partial charge in [0.25, 0.3) is 5.91 Å². The summed E-state index contributed by atoms with van der Waals surface area (Å²) < 4.78 is 1.82. The lowest BCUT2D eigenvalue weighted by atomic mass is 10.1. The van der Waals surface area contributed by atoms with E-state index in [1.807, 2.05) is 41.2 Å². The number of likely N-dealkylation sites (tertiary alicyclic amines) is 1. The first kappa shape index (κ1) is 17.1. The fourth-order valence-corrected chi connectivity index (χ4v) is 3.87. The van der Waals surface area contributed by atoms with Crippen molar-refractivity contribution in [3.05, 3.63) is 47.8 Å². The first-order chi connectivity index (χ1) is 12.7. The van der Waals surface area contributed by atoms with Crippen LogP contribution in [0.5, 0.6) is 0 Å². The van der Waals surface area contributed by atoms with Gasteiger partial charge in [0.05, 0.1) is 11.9 Å². The number of amides is 1. The van der Waals surface area contributed by atoms with Gasteiger partial charge in [-0.2, -0.15) is 5.10 Å². The van der Waals surface area contributed by atoms with Crippen molar-refractivity contribution in [3.8, 4) is 0 Å². The van der Waals surface area contributed by atoms with Gasteiger partial charge < -0.3 is 9.80 Å². The van der Waals surface area contributed by atoms with Crippen molar-refractivity contribution in [2.45, 2.75) is 19.4 Å². The number of hydrogen-bond acceptors (Lipinski definition) is 4. The summed E-state index contributed by atoms with van der Waals surface area (Å²) in [5.41, 5.74) is 3.22. The van der Waals surface area contributed by atoms with Crippen LogP contribution in [0.15, 0.2) is 36.7 Å². The summed E-state index contributed by atoms with van der Waals surface area (Å²) in [5, 5.41) is 4.23. The minimum Gasteiger partial charge on any atom is -0.365 e. The average Bonchev–Trinajstić information content (AvgIpc) is 3.34. The summed E-state index contributed by atoms with van der Waals surface area (Å²) in [4.78, 5) is 19.5. The van der Waals surface area contributed by atoms with E-state index in [2.05, 4.69) is 27.0 Å². The van der Waals surface area contributed by atoms with E-state index >= 15 is 0 Å². The van der Waals surface area contributed by atoms with Crippen LogP contribution in [0, 0.1) is 0 Å². The summed E-state index contributed by atoms with van der Waals surface area (Å²) in [6.07, 6.45) is 6.52. The Balaban J connectivity index is 1.33. The van der Waals surface area contributed by atoms with Crippen molar-refractivity contribution < 1.29 is 4.79 Å². The normalized spacial score (nSPS) is 18.5. The second-order valence-electron chi connectivity index (χ2n) is 7.33. The summed E-state index contributed by atoms with van der Waals surface area (Å²) in [7, 11) is 1.93. The van der Waals surface area contributed by atoms with Crippen LogP contribution in [0.2, 0.25) is 0 Å². The van der Waals surface area contributed by atoms with Gasteiger partial charge in [-0.05, 0) is 43.6 Å². The summed E-state index contributed by atoms with van der Waals surface area (Å²) in [6, 6.07) is 8.19. The summed E-state index contributed by atoms with van der Waals surface area (Å²) in [6.45, 7) is 6.60. The Morgan fingerprint density at radius 2 is 1.69 bits per heavy atom. The van der Waals surface area contributed by atoms with Crippen LogP contribution in [0.3, 0.4) is 0 Å². The molecule has 0 spiro atoms. The highest BCUT2D eigenvalue weighted by atomic mass is 16.2. The van der Waals surface area contributed by atoms with Crippen molar-refractivity contribution in [1.29, 1.82) is 0 Å². The van der Waals surface area contributed by atoms with Gasteiger partial charge in [-0.25, -0.2) is 0 Å². The number of piperazine rings is 1. The standard InChI is InChI=1S/C20H27N5O/c1-22-16-19(14-21-22)24-10-12-25(13-11-24)20(26)18-6-4-17(5-7-18)15-23-8-2-3-9-23/h4-7,14,16H,2-3,8-13,15H2,1H3. The van der Waals surface area contributed by atoms with Crippen molar-refractivity contribution in [1.82, 2.24) is 19.6 Å². The maximum Gasteiger partial charge on any atom is 0.253 e. The second-order valence-corrected chi connectivity index (χ2v) is 7.33. The predicted molar refractivity (Wildman–Crippen MR) is 102 cm³/mol. The number of rotatable bonds is 4. The Morgan fingerprint density at radius 1 is 1.00 bits per heavy atom. The van der Waals surface area contributed by atoms with E-state index in [9.17, 15) is 4.79 Å². The Kier molecular flexibility index (Phi) is 4.93. The van der Waals surface area contributed by atoms with E-state index in [1.54, 1.807) is 0 Å². The highest BCUT2D eigenvalue weighted by Crippen LogP contribution is 2.17. The number of nitrogens with zero attached hydrogens (tertiary/aromatic N) is 5. The van der Waals surface area contributed by atoms with Crippen LogP contribution in [0.25, 0.3) is 0 Å². The molecule has 6 nitrogen and oxygen atoms in total. The number of carbonyl (C=O) groups is 1. The maximum absolute atomic E-state index is 12.8. The van der Waals surface area contributed by atoms with E-state index in [-0.39, 0.29) is 5.91 Å². The lowest BCUT2D eigenvalue weighted by Crippen LogP contribution is -2.48. The highest BCUT2D eigenvalue weighted by Gasteiger charge is 2.23. The Labute approximate surface area is 155 Å². The Morgan fingerprint density at radius 3 is 2.31 bits per heavy atom. The van der Waals surface area contributed by atoms with Gasteiger partial charge in [0.15, 0.2) is 0 Å². The SMILES string of the molecule is Cn1cc(N2CCN(C(=O)c3ccc(CN4CCCC4)cc3)CC2)cn1. The predicted octanol–water partition coefficient (Wildman–Crippen LogP) is 1.98. The molecule has 0 atom stereocenters. The number of benzene rings is 1. The third-order valence-electron chi connectivity index (χ3n) is 5.43. The van der Waals surface area contributed by atoms with Crippen LogP contribution < -0.4 is 4.90 Å². The second kappa shape index (κ2) is 7.50. The molecule has 0 bridgehead atoms. The first-order valence-electron chi connectivity index (χ1n) is 9.53. The highest BCUT2D eigenvalue weighted by molar-refractivity contribution is 5.94. The largest absolute Gasteiger partial charge is 0.365 e. The minimum absolute atomic E-state index is 0.142. The van der Waals surface area contributed by atoms with E-state index < -0.39 is 0 Å². The molecule has 0 unspecified atom stereocenters. The van der Waals surface area contributed by atoms with Crippen molar-refractivity contribution in [2.75, 3.05) is 44.2 Å². The molecular formula is C20H27N5O. The number of anilines is 1. The molecule has 2 aliphatic heterocycles. The molecular weight excluding hydrogens is 326 g/mol. The summed E-state index contributed by atoms with van der Waals surface area (Å²) in [5.74, 6) is 0.142. The summed E-state index contributed by atoms with van der Waals surface area (Å²) >= 11 is 0. The molecule has 0 aliphatic carbocycles. The molecule has 0 saturated carbocycles. The van der Waals surface area contributed by atoms with E-state index in [4.69, 9.17) is 0 Å². The van der Waals surface area contributed by atoms with Gasteiger partial charge in [-0.3, -0.25) is 14.4 Å². The zero-order chi connectivity index (χ0) is 17.9. The molecule has 6 heteroatoms. The molecule has 2 aliphatic rings. The molecule has 4 rings (SSSR count). The molecule has 26 heavy (non-hydrogen) atoms. The third-order valence-corrected chi connectivity index (χ3v) is 5.43. The fourth-order valence-electron chi connectivity index (χ4n) is 3.87. The van der Waals surface area contributed by atoms with Gasteiger partial charge in [-0.1, -0.05) is 12.1 Å². The Hall–Kier alpha value is -2.34. The van der Waals surface area contributed by atoms with Crippen molar-refractivity contribution in [3.63, 3.8) is 0 Å². The number of aryl methyl sites for hydroxylation is 1. The molecule has 0 N–H and O–H groups in total. The van der Waals surface area contributed by atoms with Crippen LogP contribution in [0.4, 0.5) is 5.69 Å². The minimum atomic E-state index is 0.142. The smallest absolute Gasteiger partial charge is 0.253 e. The molecule has 1 aromatic carbocycles. The maximum atomic E-state index is 12.8. The van der Waals surface area contributed by atoms with Gasteiger partial charge in [0.1, 0.15) is 0 Å². The van der Waals surface area contributed by atoms with Crippen molar-refractivity contribution in [2.24, 2.45) is 7.05 Å². The average molecular weight is 353 g/mol. The first-order valence-corrected chi connectivity index (χ1v) is 9.53. The van der Waals surface area contributed by atoms with Gasteiger partial charge in [0.2, 0.25) is 0 Å². The van der Waals surface area contributed by atoms with Gasteiger partial charge >= 0.3 is 0 Å². The zero-order valence-corrected chi connectivity index (χ0v) is 15.5. The van der Waals surface area contributed by atoms with Crippen LogP contribution in [-0.4, -0.2) is 64.8 Å². The molecule has 3 heterocycles. The third kappa shape index (κ3) is 3.75. The molecule has 2 saturated heterocycles. The molecule has 1 aromatic heterocycles. The van der Waals surface area contributed by atoms with E-state index in [0.29, 0.717) is 0 Å². The lowest BCUT2D eigenvalue weighted by Gasteiger charge is -2.35. The monoisotopic (exact) mass is 353 g/mol. The van der Waals surface area contributed by atoms with E-state index in [0.717, 1.165) is 44.0 Å². The van der Waals surface area contributed by atoms with Gasteiger partial charge in [-0.15, -0.1) is 0 Å². The van der Waals surface area contributed by atoms with Crippen LogP contribution in [-0.2, 0) is 13.6 Å². The molecule has 2 fully saturated rings. The quantitative estimate of drug-likeness (QED) is 0.843. The molecule has 138 valence electrons. The van der Waals surface area contributed by atoms with Crippen molar-refractivity contribution >= 4 is 11.6 Å². The fraction of sp³-hybridized carbons (Fsp3) is 0.500. The van der Waals surface area contributed by atoms with E-state index in [1.165, 1.54) is 31.5 Å². The molecule has 2 aromatic rings. The zero-order valence-electron chi connectivity index (χ0n) is 15.5. The number of hydrogen-bond donors (Lipinski definition) is 0. The van der Waals surface area contributed by atoms with Gasteiger partial charge in [0, 0.05) is 51.5 Å². The topological polar surface area (TPSA) is 44.6 Å².